The lowest BCUT2D eigenvalue weighted by Crippen LogP contribution is -2.04. The summed E-state index contributed by atoms with van der Waals surface area (Å²) in [7, 11) is 0. The summed E-state index contributed by atoms with van der Waals surface area (Å²) >= 11 is 0. The van der Waals surface area contributed by atoms with Gasteiger partial charge >= 0.3 is 0 Å². The Morgan fingerprint density at radius 3 is 2.89 bits per heavy atom. The van der Waals surface area contributed by atoms with Crippen molar-refractivity contribution in [1.29, 1.82) is 0 Å². The van der Waals surface area contributed by atoms with Gasteiger partial charge < -0.3 is 10.2 Å². The van der Waals surface area contributed by atoms with Gasteiger partial charge in [0.15, 0.2) is 0 Å². The molecule has 2 aromatic rings. The molecule has 0 aliphatic heterocycles. The molecule has 2 aliphatic rings. The maximum absolute atomic E-state index is 5.77. The fraction of sp³-hybridized carbons (Fsp3) is 0.467. The Hall–Kier alpha value is -1.68. The van der Waals surface area contributed by atoms with Crippen LogP contribution in [0.3, 0.4) is 0 Å². The van der Waals surface area contributed by atoms with Crippen LogP contribution in [0.15, 0.2) is 28.7 Å². The highest BCUT2D eigenvalue weighted by Gasteiger charge is 2.56. The highest BCUT2D eigenvalue weighted by atomic mass is 16.4. The molecule has 98 valence electrons. The average Bonchev–Trinajstić information content (AvgIpc) is 2.96. The maximum atomic E-state index is 5.77. The molecule has 19 heavy (non-hydrogen) atoms. The summed E-state index contributed by atoms with van der Waals surface area (Å²) in [4.78, 5) is 0. The van der Waals surface area contributed by atoms with Crippen molar-refractivity contribution >= 4 is 0 Å². The second kappa shape index (κ2) is 3.90. The van der Waals surface area contributed by atoms with Gasteiger partial charge in [-0.3, -0.25) is 0 Å². The summed E-state index contributed by atoms with van der Waals surface area (Å²) in [6.07, 6.45) is 2.39. The second-order valence-corrected chi connectivity index (χ2v) is 5.72. The number of nitrogens with two attached hydrogens (primary N) is 1. The summed E-state index contributed by atoms with van der Waals surface area (Å²) in [5, 5.41) is 8.25. The summed E-state index contributed by atoms with van der Waals surface area (Å²) in [6.45, 7) is 1.87. The molecular weight excluding hydrogens is 238 g/mol. The molecule has 1 fully saturated rings. The summed E-state index contributed by atoms with van der Waals surface area (Å²) < 4.78 is 5.73. The predicted molar refractivity (Wildman–Crippen MR) is 70.6 cm³/mol. The molecular formula is C15H17N3O. The third-order valence-corrected chi connectivity index (χ3v) is 4.46. The van der Waals surface area contributed by atoms with Gasteiger partial charge in [-0.25, -0.2) is 0 Å². The number of fused-ring (bicyclic) bond motifs is 3. The zero-order chi connectivity index (χ0) is 13.0. The van der Waals surface area contributed by atoms with Crippen LogP contribution in [0, 0.1) is 5.92 Å². The SMILES string of the molecule is CC(N)c1nnc(C2C3CCc4ccccc4C32)o1. The Morgan fingerprint density at radius 2 is 2.11 bits per heavy atom. The first-order valence-corrected chi connectivity index (χ1v) is 6.92. The summed E-state index contributed by atoms with van der Waals surface area (Å²) in [6, 6.07) is 8.54. The standard InChI is InChI=1S/C15H17N3O/c1-8(16)14-17-18-15(19-14)13-11-7-6-9-4-2-3-5-10(9)12(11)13/h2-5,8,11-13H,6-7,16H2,1H3. The van der Waals surface area contributed by atoms with E-state index in [1.54, 1.807) is 0 Å². The lowest BCUT2D eigenvalue weighted by Gasteiger charge is -2.13. The predicted octanol–water partition coefficient (Wildman–Crippen LogP) is 2.53. The van der Waals surface area contributed by atoms with Crippen LogP contribution in [-0.4, -0.2) is 10.2 Å². The molecule has 4 heteroatoms. The zero-order valence-electron chi connectivity index (χ0n) is 10.9. The van der Waals surface area contributed by atoms with Crippen LogP contribution in [0.2, 0.25) is 0 Å². The summed E-state index contributed by atoms with van der Waals surface area (Å²) in [5.74, 6) is 2.98. The van der Waals surface area contributed by atoms with Crippen molar-refractivity contribution < 1.29 is 4.42 Å². The Morgan fingerprint density at radius 1 is 1.26 bits per heavy atom. The van der Waals surface area contributed by atoms with Crippen molar-refractivity contribution in [2.45, 2.75) is 37.6 Å². The Kier molecular flexibility index (Phi) is 2.30. The van der Waals surface area contributed by atoms with Crippen LogP contribution >= 0.6 is 0 Å². The van der Waals surface area contributed by atoms with Crippen LogP contribution < -0.4 is 5.73 Å². The molecule has 4 unspecified atom stereocenters. The van der Waals surface area contributed by atoms with Gasteiger partial charge in [0.25, 0.3) is 0 Å². The number of benzene rings is 1. The molecule has 0 bridgehead atoms. The number of aromatic nitrogens is 2. The lowest BCUT2D eigenvalue weighted by atomic mass is 9.92. The topological polar surface area (TPSA) is 64.9 Å². The molecule has 2 aliphatic carbocycles. The molecule has 2 N–H and O–H groups in total. The molecule has 4 nitrogen and oxygen atoms in total. The highest BCUT2D eigenvalue weighted by Crippen LogP contribution is 2.64. The van der Waals surface area contributed by atoms with Crippen LogP contribution in [-0.2, 0) is 6.42 Å². The van der Waals surface area contributed by atoms with Gasteiger partial charge in [-0.2, -0.15) is 0 Å². The molecule has 0 saturated heterocycles. The molecule has 1 aromatic heterocycles. The average molecular weight is 255 g/mol. The Balaban J connectivity index is 1.66. The highest BCUT2D eigenvalue weighted by molar-refractivity contribution is 5.42. The monoisotopic (exact) mass is 255 g/mol. The number of hydrogen-bond acceptors (Lipinski definition) is 4. The van der Waals surface area contributed by atoms with Gasteiger partial charge in [-0.15, -0.1) is 10.2 Å². The van der Waals surface area contributed by atoms with E-state index in [4.69, 9.17) is 10.2 Å². The minimum absolute atomic E-state index is 0.186. The second-order valence-electron chi connectivity index (χ2n) is 5.72. The molecule has 0 spiro atoms. The molecule has 1 heterocycles. The van der Waals surface area contributed by atoms with Gasteiger partial charge in [0.2, 0.25) is 11.8 Å². The van der Waals surface area contributed by atoms with Crippen LogP contribution in [0.4, 0.5) is 0 Å². The van der Waals surface area contributed by atoms with Crippen molar-refractivity contribution in [3.63, 3.8) is 0 Å². The molecule has 0 amide bonds. The van der Waals surface area contributed by atoms with E-state index in [1.165, 1.54) is 24.0 Å². The van der Waals surface area contributed by atoms with Gasteiger partial charge in [-0.05, 0) is 42.7 Å². The molecule has 4 rings (SSSR count). The summed E-state index contributed by atoms with van der Waals surface area (Å²) in [5.41, 5.74) is 8.74. The largest absolute Gasteiger partial charge is 0.423 e. The minimum Gasteiger partial charge on any atom is -0.423 e. The minimum atomic E-state index is -0.186. The first-order valence-electron chi connectivity index (χ1n) is 6.92. The van der Waals surface area contributed by atoms with E-state index in [0.29, 0.717) is 23.6 Å². The van der Waals surface area contributed by atoms with Gasteiger partial charge in [0.1, 0.15) is 0 Å². The van der Waals surface area contributed by atoms with Crippen LogP contribution in [0.5, 0.6) is 0 Å². The molecule has 1 aromatic carbocycles. The fourth-order valence-corrected chi connectivity index (χ4v) is 3.47. The molecule has 1 saturated carbocycles. The van der Waals surface area contributed by atoms with Crippen molar-refractivity contribution in [2.24, 2.45) is 11.7 Å². The Labute approximate surface area is 112 Å². The number of hydrogen-bond donors (Lipinski definition) is 1. The third-order valence-electron chi connectivity index (χ3n) is 4.46. The number of nitrogens with zero attached hydrogens (tertiary/aromatic N) is 2. The van der Waals surface area contributed by atoms with Crippen molar-refractivity contribution in [3.8, 4) is 0 Å². The zero-order valence-corrected chi connectivity index (χ0v) is 10.9. The normalized spacial score (nSPS) is 29.5. The molecule has 0 radical (unpaired) electrons. The fourth-order valence-electron chi connectivity index (χ4n) is 3.47. The maximum Gasteiger partial charge on any atom is 0.232 e. The van der Waals surface area contributed by atoms with Crippen LogP contribution in [0.1, 0.15) is 54.1 Å². The number of aryl methyl sites for hydroxylation is 1. The lowest BCUT2D eigenvalue weighted by molar-refractivity contribution is 0.422. The Bertz CT molecular complexity index is 619. The van der Waals surface area contributed by atoms with E-state index < -0.39 is 0 Å². The van der Waals surface area contributed by atoms with Gasteiger partial charge in [0.05, 0.1) is 6.04 Å². The van der Waals surface area contributed by atoms with E-state index >= 15 is 0 Å². The quantitative estimate of drug-likeness (QED) is 0.895. The smallest absolute Gasteiger partial charge is 0.232 e. The molecule has 4 atom stereocenters. The van der Waals surface area contributed by atoms with Crippen molar-refractivity contribution in [1.82, 2.24) is 10.2 Å². The van der Waals surface area contributed by atoms with E-state index in [0.717, 1.165) is 5.89 Å². The number of rotatable bonds is 2. The van der Waals surface area contributed by atoms with Crippen molar-refractivity contribution in [2.75, 3.05) is 0 Å². The van der Waals surface area contributed by atoms with E-state index in [2.05, 4.69) is 34.5 Å². The van der Waals surface area contributed by atoms with Crippen molar-refractivity contribution in [3.05, 3.63) is 47.2 Å². The van der Waals surface area contributed by atoms with E-state index in [-0.39, 0.29) is 6.04 Å². The third kappa shape index (κ3) is 1.63. The van der Waals surface area contributed by atoms with Gasteiger partial charge in [-0.1, -0.05) is 24.3 Å². The van der Waals surface area contributed by atoms with E-state index in [9.17, 15) is 0 Å². The first kappa shape index (κ1) is 11.2. The first-order chi connectivity index (χ1) is 9.25. The van der Waals surface area contributed by atoms with E-state index in [1.807, 2.05) is 6.92 Å². The van der Waals surface area contributed by atoms with Gasteiger partial charge in [0, 0.05) is 5.92 Å². The van der Waals surface area contributed by atoms with Crippen LogP contribution in [0.25, 0.3) is 0 Å².